The van der Waals surface area contributed by atoms with Crippen LogP contribution in [-0.2, 0) is 9.47 Å². The predicted octanol–water partition coefficient (Wildman–Crippen LogP) is 7.33. The molecule has 2 heterocycles. The smallest absolute Gasteiger partial charge is 0.0657 e. The molecule has 0 bridgehead atoms. The van der Waals surface area contributed by atoms with Crippen LogP contribution in [0.2, 0.25) is 0 Å². The average Bonchev–Trinajstić information content (AvgIpc) is 3.59. The van der Waals surface area contributed by atoms with Crippen LogP contribution in [-0.4, -0.2) is 34.9 Å². The van der Waals surface area contributed by atoms with E-state index < -0.39 is 0 Å². The van der Waals surface area contributed by atoms with Crippen LogP contribution in [0.5, 0.6) is 0 Å². The fourth-order valence-electron chi connectivity index (χ4n) is 6.85. The van der Waals surface area contributed by atoms with Crippen LogP contribution >= 0.6 is 11.8 Å². The molecule has 2 aromatic rings. The summed E-state index contributed by atoms with van der Waals surface area (Å²) in [6.45, 7) is 6.46. The van der Waals surface area contributed by atoms with E-state index >= 15 is 0 Å². The maximum absolute atomic E-state index is 6.41. The SMILES string of the molecule is Cc1ccccc1C(C1CCCO1)C1(SC2(C(c3ccccc3C)C3CCCO3)CC2)CC1. The minimum Gasteiger partial charge on any atom is -0.378 e. The van der Waals surface area contributed by atoms with Gasteiger partial charge in [0.2, 0.25) is 0 Å². The molecule has 2 saturated carbocycles. The highest BCUT2D eigenvalue weighted by molar-refractivity contribution is 8.02. The molecule has 0 radical (unpaired) electrons. The zero-order valence-electron chi connectivity index (χ0n) is 20.2. The van der Waals surface area contributed by atoms with Gasteiger partial charge in [-0.25, -0.2) is 0 Å². The summed E-state index contributed by atoms with van der Waals surface area (Å²) in [6, 6.07) is 18.2. The van der Waals surface area contributed by atoms with Crippen LogP contribution in [0.15, 0.2) is 48.5 Å². The van der Waals surface area contributed by atoms with Gasteiger partial charge in [-0.15, -0.1) is 11.8 Å². The van der Waals surface area contributed by atoms with Gasteiger partial charge in [-0.05, 0) is 87.5 Å². The van der Waals surface area contributed by atoms with E-state index in [2.05, 4.69) is 74.1 Å². The third-order valence-corrected chi connectivity index (χ3v) is 10.9. The molecular formula is C30H38O2S. The van der Waals surface area contributed by atoms with Gasteiger partial charge < -0.3 is 9.47 Å². The van der Waals surface area contributed by atoms with Crippen LogP contribution in [0.3, 0.4) is 0 Å². The van der Waals surface area contributed by atoms with E-state index in [9.17, 15) is 0 Å². The van der Waals surface area contributed by atoms with E-state index in [-0.39, 0.29) is 0 Å². The standard InChI is InChI=1S/C30H38O2S/c1-21-9-3-5-11-23(21)27(25-13-7-19-31-25)29(15-16-29)33-30(17-18-30)28(26-14-8-20-32-26)24-12-6-4-10-22(24)2/h3-6,9-12,25-28H,7-8,13-20H2,1-2H3. The molecule has 0 N–H and O–H groups in total. The lowest BCUT2D eigenvalue weighted by Gasteiger charge is -2.39. The molecular weight excluding hydrogens is 424 g/mol. The summed E-state index contributed by atoms with van der Waals surface area (Å²) < 4.78 is 13.5. The van der Waals surface area contributed by atoms with E-state index in [1.807, 2.05) is 0 Å². The van der Waals surface area contributed by atoms with Crippen molar-refractivity contribution >= 4 is 11.8 Å². The number of thioether (sulfide) groups is 1. The van der Waals surface area contributed by atoms with Crippen molar-refractivity contribution in [2.24, 2.45) is 0 Å². The van der Waals surface area contributed by atoms with Gasteiger partial charge in [0.1, 0.15) is 0 Å². The van der Waals surface area contributed by atoms with Gasteiger partial charge in [-0.1, -0.05) is 48.5 Å². The predicted molar refractivity (Wildman–Crippen MR) is 137 cm³/mol. The Morgan fingerprint density at radius 1 is 0.697 bits per heavy atom. The molecule has 2 nitrogen and oxygen atoms in total. The lowest BCUT2D eigenvalue weighted by atomic mass is 9.84. The Morgan fingerprint density at radius 3 is 1.45 bits per heavy atom. The molecule has 4 unspecified atom stereocenters. The topological polar surface area (TPSA) is 18.5 Å². The first-order valence-electron chi connectivity index (χ1n) is 13.2. The minimum atomic E-state index is 0.317. The summed E-state index contributed by atoms with van der Waals surface area (Å²) in [6.07, 6.45) is 10.9. The van der Waals surface area contributed by atoms with E-state index in [4.69, 9.17) is 9.47 Å². The maximum Gasteiger partial charge on any atom is 0.0657 e. The van der Waals surface area contributed by atoms with Crippen molar-refractivity contribution < 1.29 is 9.47 Å². The van der Waals surface area contributed by atoms with E-state index in [0.29, 0.717) is 33.5 Å². The second-order valence-electron chi connectivity index (χ2n) is 11.0. The van der Waals surface area contributed by atoms with Gasteiger partial charge in [0.15, 0.2) is 0 Å². The van der Waals surface area contributed by atoms with Crippen molar-refractivity contribution in [3.05, 3.63) is 70.8 Å². The number of hydrogen-bond acceptors (Lipinski definition) is 3. The van der Waals surface area contributed by atoms with Gasteiger partial charge in [0.05, 0.1) is 12.2 Å². The summed E-state index contributed by atoms with van der Waals surface area (Å²) in [5, 5.41) is 0. The summed E-state index contributed by atoms with van der Waals surface area (Å²) in [7, 11) is 0. The Morgan fingerprint density at radius 2 is 1.12 bits per heavy atom. The molecule has 33 heavy (non-hydrogen) atoms. The first-order valence-corrected chi connectivity index (χ1v) is 14.0. The molecule has 4 atom stereocenters. The molecule has 176 valence electrons. The van der Waals surface area contributed by atoms with E-state index in [1.54, 1.807) is 0 Å². The molecule has 2 aliphatic carbocycles. The highest BCUT2D eigenvalue weighted by Crippen LogP contribution is 2.72. The third-order valence-electron chi connectivity index (χ3n) is 8.75. The normalized spacial score (nSPS) is 29.0. The zero-order valence-corrected chi connectivity index (χ0v) is 21.0. The Labute approximate surface area is 203 Å². The average molecular weight is 463 g/mol. The van der Waals surface area contributed by atoms with Crippen molar-refractivity contribution in [2.45, 2.75) is 98.8 Å². The van der Waals surface area contributed by atoms with Crippen molar-refractivity contribution in [3.63, 3.8) is 0 Å². The number of aryl methyl sites for hydroxylation is 2. The van der Waals surface area contributed by atoms with Crippen molar-refractivity contribution in [1.29, 1.82) is 0 Å². The van der Waals surface area contributed by atoms with Crippen LogP contribution in [0.1, 0.15) is 85.5 Å². The molecule has 3 heteroatoms. The fourth-order valence-corrected chi connectivity index (χ4v) is 9.09. The lowest BCUT2D eigenvalue weighted by molar-refractivity contribution is 0.0829. The summed E-state index contributed by atoms with van der Waals surface area (Å²) in [5.41, 5.74) is 5.94. The molecule has 4 aliphatic rings. The molecule has 2 aromatic carbocycles. The quantitative estimate of drug-likeness (QED) is 0.409. The van der Waals surface area contributed by atoms with Gasteiger partial charge >= 0.3 is 0 Å². The molecule has 2 aliphatic heterocycles. The second kappa shape index (κ2) is 8.73. The molecule has 0 aromatic heterocycles. The third kappa shape index (κ3) is 4.09. The molecule has 0 spiro atoms. The van der Waals surface area contributed by atoms with Gasteiger partial charge in [-0.3, -0.25) is 0 Å². The van der Waals surface area contributed by atoms with E-state index in [1.165, 1.54) is 73.6 Å². The van der Waals surface area contributed by atoms with Crippen LogP contribution in [0.25, 0.3) is 0 Å². The molecule has 6 rings (SSSR count). The Hall–Kier alpha value is -1.29. The largest absolute Gasteiger partial charge is 0.378 e. The maximum atomic E-state index is 6.41. The van der Waals surface area contributed by atoms with Crippen LogP contribution < -0.4 is 0 Å². The first-order chi connectivity index (χ1) is 16.1. The van der Waals surface area contributed by atoms with Gasteiger partial charge in [-0.2, -0.15) is 0 Å². The van der Waals surface area contributed by atoms with Crippen LogP contribution in [0.4, 0.5) is 0 Å². The first kappa shape index (κ1) is 22.2. The highest BCUT2D eigenvalue weighted by Gasteiger charge is 2.64. The number of hydrogen-bond donors (Lipinski definition) is 0. The fraction of sp³-hybridized carbons (Fsp3) is 0.600. The van der Waals surface area contributed by atoms with Crippen molar-refractivity contribution in [3.8, 4) is 0 Å². The number of rotatable bonds is 8. The van der Waals surface area contributed by atoms with Gasteiger partial charge in [0.25, 0.3) is 0 Å². The zero-order chi connectivity index (χ0) is 22.5. The lowest BCUT2D eigenvalue weighted by Crippen LogP contribution is -2.36. The molecule has 0 amide bonds. The van der Waals surface area contributed by atoms with E-state index in [0.717, 1.165) is 13.2 Å². The second-order valence-corrected chi connectivity index (χ2v) is 12.8. The number of benzene rings is 2. The van der Waals surface area contributed by atoms with Crippen molar-refractivity contribution in [2.75, 3.05) is 13.2 Å². The molecule has 4 fully saturated rings. The minimum absolute atomic E-state index is 0.317. The Bertz CT molecular complexity index is 901. The Kier molecular flexibility index (Phi) is 5.87. The highest BCUT2D eigenvalue weighted by atomic mass is 32.2. The summed E-state index contributed by atoms with van der Waals surface area (Å²) in [5.74, 6) is 1.01. The summed E-state index contributed by atoms with van der Waals surface area (Å²) in [4.78, 5) is 0. The molecule has 2 saturated heterocycles. The summed E-state index contributed by atoms with van der Waals surface area (Å²) >= 11 is 2.36. The van der Waals surface area contributed by atoms with Crippen LogP contribution in [0, 0.1) is 13.8 Å². The number of ether oxygens (including phenoxy) is 2. The van der Waals surface area contributed by atoms with Crippen molar-refractivity contribution in [1.82, 2.24) is 0 Å². The van der Waals surface area contributed by atoms with Gasteiger partial charge in [0, 0.05) is 34.5 Å². The monoisotopic (exact) mass is 462 g/mol. The Balaban J connectivity index is 1.36.